The fourth-order valence-electron chi connectivity index (χ4n) is 2.89. The summed E-state index contributed by atoms with van der Waals surface area (Å²) in [6, 6.07) is 8.63. The molecule has 1 saturated carbocycles. The lowest BCUT2D eigenvalue weighted by Gasteiger charge is -2.24. The van der Waals surface area contributed by atoms with Gasteiger partial charge in [-0.25, -0.2) is 0 Å². The van der Waals surface area contributed by atoms with Crippen LogP contribution in [-0.4, -0.2) is 44.1 Å². The fourth-order valence-corrected chi connectivity index (χ4v) is 3.01. The lowest BCUT2D eigenvalue weighted by molar-refractivity contribution is 0.249. The molecular weight excluding hydrogens is 296 g/mol. The molecule has 0 amide bonds. The molecule has 0 aliphatic heterocycles. The van der Waals surface area contributed by atoms with Crippen LogP contribution in [0.15, 0.2) is 29.3 Å². The van der Waals surface area contributed by atoms with Crippen LogP contribution in [0.5, 0.6) is 0 Å². The van der Waals surface area contributed by atoms with Crippen molar-refractivity contribution < 1.29 is 0 Å². The summed E-state index contributed by atoms with van der Waals surface area (Å²) < 4.78 is 0. The van der Waals surface area contributed by atoms with Crippen molar-refractivity contribution in [2.24, 2.45) is 4.99 Å². The molecule has 2 rings (SSSR count). The van der Waals surface area contributed by atoms with Crippen molar-refractivity contribution >= 4 is 17.6 Å². The summed E-state index contributed by atoms with van der Waals surface area (Å²) in [6.45, 7) is 2.70. The Kier molecular flexibility index (Phi) is 7.00. The number of nitrogens with one attached hydrogen (secondary N) is 2. The number of hydrogen-bond acceptors (Lipinski definition) is 2. The van der Waals surface area contributed by atoms with Crippen molar-refractivity contribution in [1.29, 1.82) is 0 Å². The van der Waals surface area contributed by atoms with Crippen LogP contribution in [0.25, 0.3) is 0 Å². The van der Waals surface area contributed by atoms with Crippen LogP contribution < -0.4 is 10.6 Å². The SMILES string of the molecule is CN=C(NCCN(C)C1CCCC1)NCc1ccc(Cl)cc1. The van der Waals surface area contributed by atoms with Crippen molar-refractivity contribution in [3.63, 3.8) is 0 Å². The van der Waals surface area contributed by atoms with Gasteiger partial charge < -0.3 is 15.5 Å². The molecule has 1 fully saturated rings. The predicted molar refractivity (Wildman–Crippen MR) is 94.5 cm³/mol. The number of benzene rings is 1. The van der Waals surface area contributed by atoms with Gasteiger partial charge in [-0.1, -0.05) is 36.6 Å². The van der Waals surface area contributed by atoms with Crippen molar-refractivity contribution in [2.45, 2.75) is 38.3 Å². The summed E-state index contributed by atoms with van der Waals surface area (Å²) in [5.74, 6) is 0.842. The minimum absolute atomic E-state index is 0.745. The van der Waals surface area contributed by atoms with Gasteiger partial charge in [-0.05, 0) is 37.6 Å². The van der Waals surface area contributed by atoms with Gasteiger partial charge in [0.2, 0.25) is 0 Å². The quantitative estimate of drug-likeness (QED) is 0.625. The molecule has 1 aromatic carbocycles. The normalized spacial score (nSPS) is 16.3. The van der Waals surface area contributed by atoms with Gasteiger partial charge >= 0.3 is 0 Å². The van der Waals surface area contributed by atoms with Crippen LogP contribution >= 0.6 is 11.6 Å². The topological polar surface area (TPSA) is 39.7 Å². The van der Waals surface area contributed by atoms with E-state index in [2.05, 4.69) is 27.6 Å². The van der Waals surface area contributed by atoms with Crippen LogP contribution in [-0.2, 0) is 6.54 Å². The molecule has 22 heavy (non-hydrogen) atoms. The molecule has 4 nitrogen and oxygen atoms in total. The van der Waals surface area contributed by atoms with E-state index in [-0.39, 0.29) is 0 Å². The summed E-state index contributed by atoms with van der Waals surface area (Å²) in [7, 11) is 4.03. The maximum atomic E-state index is 5.89. The highest BCUT2D eigenvalue weighted by Crippen LogP contribution is 2.21. The van der Waals surface area contributed by atoms with Gasteiger partial charge in [0.15, 0.2) is 5.96 Å². The van der Waals surface area contributed by atoms with Gasteiger partial charge in [-0.2, -0.15) is 0 Å². The van der Waals surface area contributed by atoms with E-state index in [0.29, 0.717) is 0 Å². The van der Waals surface area contributed by atoms with E-state index in [9.17, 15) is 0 Å². The zero-order valence-corrected chi connectivity index (χ0v) is 14.4. The van der Waals surface area contributed by atoms with E-state index in [4.69, 9.17) is 11.6 Å². The number of hydrogen-bond donors (Lipinski definition) is 2. The average Bonchev–Trinajstić information content (AvgIpc) is 3.06. The Balaban J connectivity index is 1.67. The Bertz CT molecular complexity index is 466. The Labute approximate surface area is 138 Å². The second-order valence-electron chi connectivity index (χ2n) is 5.90. The van der Waals surface area contributed by atoms with Crippen LogP contribution in [0.1, 0.15) is 31.2 Å². The van der Waals surface area contributed by atoms with Crippen molar-refractivity contribution in [1.82, 2.24) is 15.5 Å². The van der Waals surface area contributed by atoms with Gasteiger partial charge in [0.05, 0.1) is 0 Å². The predicted octanol–water partition coefficient (Wildman–Crippen LogP) is 2.88. The van der Waals surface area contributed by atoms with E-state index >= 15 is 0 Å². The van der Waals surface area contributed by atoms with E-state index in [1.54, 1.807) is 7.05 Å². The molecule has 1 aromatic rings. The molecule has 0 atom stereocenters. The van der Waals surface area contributed by atoms with Crippen molar-refractivity contribution in [2.75, 3.05) is 27.2 Å². The van der Waals surface area contributed by atoms with Gasteiger partial charge in [-0.15, -0.1) is 0 Å². The first-order valence-corrected chi connectivity index (χ1v) is 8.46. The third-order valence-corrected chi connectivity index (χ3v) is 4.55. The van der Waals surface area contributed by atoms with E-state index in [1.807, 2.05) is 24.3 Å². The molecule has 0 bridgehead atoms. The fraction of sp³-hybridized carbons (Fsp3) is 0.588. The molecule has 0 spiro atoms. The Morgan fingerprint density at radius 2 is 1.91 bits per heavy atom. The summed E-state index contributed by atoms with van der Waals surface area (Å²) >= 11 is 5.89. The van der Waals surface area contributed by atoms with Crippen LogP contribution in [0.3, 0.4) is 0 Å². The smallest absolute Gasteiger partial charge is 0.191 e. The monoisotopic (exact) mass is 322 g/mol. The number of nitrogens with zero attached hydrogens (tertiary/aromatic N) is 2. The van der Waals surface area contributed by atoms with E-state index in [1.165, 1.54) is 31.2 Å². The van der Waals surface area contributed by atoms with Gasteiger partial charge in [0.1, 0.15) is 0 Å². The van der Waals surface area contributed by atoms with Crippen molar-refractivity contribution in [3.05, 3.63) is 34.9 Å². The molecule has 5 heteroatoms. The minimum atomic E-state index is 0.745. The van der Waals surface area contributed by atoms with Crippen molar-refractivity contribution in [3.8, 4) is 0 Å². The highest BCUT2D eigenvalue weighted by Gasteiger charge is 2.18. The number of likely N-dealkylation sites (N-methyl/N-ethyl adjacent to an activating group) is 1. The standard InChI is InChI=1S/C17H27ClN4/c1-19-17(21-13-14-7-9-15(18)10-8-14)20-11-12-22(2)16-5-3-4-6-16/h7-10,16H,3-6,11-13H2,1-2H3,(H2,19,20,21). The summed E-state index contributed by atoms with van der Waals surface area (Å²) in [5.41, 5.74) is 1.19. The zero-order chi connectivity index (χ0) is 15.8. The van der Waals surface area contributed by atoms with Crippen LogP contribution in [0.4, 0.5) is 0 Å². The highest BCUT2D eigenvalue weighted by atomic mass is 35.5. The van der Waals surface area contributed by atoms with Crippen LogP contribution in [0, 0.1) is 0 Å². The molecule has 0 heterocycles. The molecule has 1 aliphatic rings. The van der Waals surface area contributed by atoms with Crippen LogP contribution in [0.2, 0.25) is 5.02 Å². The second-order valence-corrected chi connectivity index (χ2v) is 6.33. The first-order valence-electron chi connectivity index (χ1n) is 8.08. The number of guanidine groups is 1. The Morgan fingerprint density at radius 3 is 2.55 bits per heavy atom. The highest BCUT2D eigenvalue weighted by molar-refractivity contribution is 6.30. The van der Waals surface area contributed by atoms with E-state index < -0.39 is 0 Å². The minimum Gasteiger partial charge on any atom is -0.355 e. The zero-order valence-electron chi connectivity index (χ0n) is 13.6. The first-order chi connectivity index (χ1) is 10.7. The molecular formula is C17H27ClN4. The maximum absolute atomic E-state index is 5.89. The van der Waals surface area contributed by atoms with E-state index in [0.717, 1.165) is 36.7 Å². The molecule has 1 aliphatic carbocycles. The average molecular weight is 323 g/mol. The molecule has 122 valence electrons. The Hall–Kier alpha value is -1.26. The molecule has 2 N–H and O–H groups in total. The second kappa shape index (κ2) is 9.01. The lowest BCUT2D eigenvalue weighted by Crippen LogP contribution is -2.42. The molecule has 0 aromatic heterocycles. The van der Waals surface area contributed by atoms with Gasteiger partial charge in [-0.3, -0.25) is 4.99 Å². The third-order valence-electron chi connectivity index (χ3n) is 4.30. The summed E-state index contributed by atoms with van der Waals surface area (Å²) in [5, 5.41) is 7.47. The lowest BCUT2D eigenvalue weighted by atomic mass is 10.2. The molecule has 0 unspecified atom stereocenters. The number of halogens is 1. The Morgan fingerprint density at radius 1 is 1.23 bits per heavy atom. The summed E-state index contributed by atoms with van der Waals surface area (Å²) in [6.07, 6.45) is 5.46. The van der Waals surface area contributed by atoms with Gasteiger partial charge in [0.25, 0.3) is 0 Å². The van der Waals surface area contributed by atoms with Gasteiger partial charge in [0, 0.05) is 37.7 Å². The maximum Gasteiger partial charge on any atom is 0.191 e. The number of rotatable bonds is 6. The molecule has 0 saturated heterocycles. The number of aliphatic imine (C=N–C) groups is 1. The summed E-state index contributed by atoms with van der Waals surface area (Å²) in [4.78, 5) is 6.73. The molecule has 0 radical (unpaired) electrons. The first kappa shape index (κ1) is 17.1. The third kappa shape index (κ3) is 5.50. The largest absolute Gasteiger partial charge is 0.355 e.